The van der Waals surface area contributed by atoms with Crippen LogP contribution in [-0.4, -0.2) is 11.1 Å². The van der Waals surface area contributed by atoms with Gasteiger partial charge < -0.3 is 0 Å². The number of rotatable bonds is 2. The van der Waals surface area contributed by atoms with E-state index < -0.39 is 4.87 Å². The van der Waals surface area contributed by atoms with Crippen molar-refractivity contribution in [1.82, 2.24) is 0 Å². The number of aliphatic imine (C=N–C) groups is 1. The maximum absolute atomic E-state index is 5.94. The molecule has 70 valence electrons. The normalized spacial score (nSPS) is 12.3. The third-order valence-corrected chi connectivity index (χ3v) is 1.70. The Labute approximate surface area is 88.4 Å². The van der Waals surface area contributed by atoms with E-state index in [1.807, 2.05) is 26.0 Å². The molecular formula is C10H11Cl2N. The lowest BCUT2D eigenvalue weighted by molar-refractivity contribution is 0.956. The minimum absolute atomic E-state index is 0.403. The van der Waals surface area contributed by atoms with Gasteiger partial charge in [-0.3, -0.25) is 4.99 Å². The van der Waals surface area contributed by atoms with Crippen LogP contribution in [0.5, 0.6) is 0 Å². The number of hydrogen-bond acceptors (Lipinski definition) is 1. The Kier molecular flexibility index (Phi) is 3.34. The molecule has 0 bridgehead atoms. The minimum Gasteiger partial charge on any atom is -0.259 e. The van der Waals surface area contributed by atoms with Crippen LogP contribution in [0, 0.1) is 0 Å². The fourth-order valence-electron chi connectivity index (χ4n) is 0.755. The summed E-state index contributed by atoms with van der Waals surface area (Å²) in [5.41, 5.74) is 0.859. The van der Waals surface area contributed by atoms with Gasteiger partial charge in [0.2, 0.25) is 0 Å². The summed E-state index contributed by atoms with van der Waals surface area (Å²) < 4.78 is 0. The molecule has 3 heteroatoms. The molecule has 0 aliphatic carbocycles. The predicted octanol–water partition coefficient (Wildman–Crippen LogP) is 4.06. The van der Waals surface area contributed by atoms with Gasteiger partial charge in [-0.15, -0.1) is 11.6 Å². The summed E-state index contributed by atoms with van der Waals surface area (Å²) in [7, 11) is 0. The van der Waals surface area contributed by atoms with E-state index in [1.165, 1.54) is 0 Å². The molecule has 0 unspecified atom stereocenters. The summed E-state index contributed by atoms with van der Waals surface area (Å²) in [6.45, 7) is 3.77. The predicted molar refractivity (Wildman–Crippen MR) is 59.5 cm³/mol. The molecule has 0 aromatic heterocycles. The van der Waals surface area contributed by atoms with Crippen LogP contribution in [0.25, 0.3) is 0 Å². The summed E-state index contributed by atoms with van der Waals surface area (Å²) >= 11 is 11.7. The van der Waals surface area contributed by atoms with Gasteiger partial charge in [0.1, 0.15) is 0 Å². The Morgan fingerprint density at radius 2 is 1.77 bits per heavy atom. The zero-order chi connectivity index (χ0) is 9.90. The van der Waals surface area contributed by atoms with Gasteiger partial charge in [0, 0.05) is 11.2 Å². The van der Waals surface area contributed by atoms with Gasteiger partial charge in [-0.2, -0.15) is 0 Å². The Morgan fingerprint density at radius 3 is 2.23 bits per heavy atom. The third kappa shape index (κ3) is 4.30. The summed E-state index contributed by atoms with van der Waals surface area (Å²) in [5, 5.41) is 0.712. The molecule has 1 aromatic carbocycles. The first-order valence-corrected chi connectivity index (χ1v) is 4.73. The van der Waals surface area contributed by atoms with Crippen LogP contribution in [0.1, 0.15) is 13.8 Å². The fourth-order valence-corrected chi connectivity index (χ4v) is 0.930. The quantitative estimate of drug-likeness (QED) is 0.522. The second kappa shape index (κ2) is 4.12. The molecule has 1 nitrogen and oxygen atoms in total. The molecule has 0 spiro atoms. The van der Waals surface area contributed by atoms with Gasteiger partial charge in [0.15, 0.2) is 0 Å². The molecule has 0 amide bonds. The molecule has 0 saturated heterocycles. The second-order valence-electron chi connectivity index (χ2n) is 3.30. The van der Waals surface area contributed by atoms with Crippen molar-refractivity contribution in [2.45, 2.75) is 18.7 Å². The van der Waals surface area contributed by atoms with Crippen LogP contribution < -0.4 is 0 Å². The highest BCUT2D eigenvalue weighted by Crippen LogP contribution is 2.17. The maximum atomic E-state index is 5.94. The number of nitrogens with zero attached hydrogens (tertiary/aromatic N) is 1. The summed E-state index contributed by atoms with van der Waals surface area (Å²) in [4.78, 5) is 3.80. The lowest BCUT2D eigenvalue weighted by Crippen LogP contribution is -2.10. The van der Waals surface area contributed by atoms with Crippen molar-refractivity contribution in [2.75, 3.05) is 0 Å². The molecule has 13 heavy (non-hydrogen) atoms. The average molecular weight is 216 g/mol. The summed E-state index contributed by atoms with van der Waals surface area (Å²) in [6, 6.07) is 7.30. The standard InChI is InChI=1S/C10H11Cl2N/c1-10(2,12)7-13-9-5-3-8(11)4-6-9/h3-7H,1-2H3. The largest absolute Gasteiger partial charge is 0.259 e. The smallest absolute Gasteiger partial charge is 0.0741 e. The van der Waals surface area contributed by atoms with Gasteiger partial charge in [-0.1, -0.05) is 11.6 Å². The Bertz CT molecular complexity index is 296. The monoisotopic (exact) mass is 215 g/mol. The van der Waals surface area contributed by atoms with E-state index in [0.29, 0.717) is 5.02 Å². The molecule has 0 atom stereocenters. The minimum atomic E-state index is -0.403. The fraction of sp³-hybridized carbons (Fsp3) is 0.300. The van der Waals surface area contributed by atoms with Crippen molar-refractivity contribution >= 4 is 35.1 Å². The molecule has 0 fully saturated rings. The molecule has 0 radical (unpaired) electrons. The molecule has 0 heterocycles. The number of alkyl halides is 1. The summed E-state index contributed by atoms with van der Waals surface area (Å²) in [5.74, 6) is 0. The van der Waals surface area contributed by atoms with Crippen LogP contribution in [0.4, 0.5) is 5.69 Å². The van der Waals surface area contributed by atoms with E-state index in [9.17, 15) is 0 Å². The zero-order valence-corrected chi connectivity index (χ0v) is 9.10. The van der Waals surface area contributed by atoms with Crippen molar-refractivity contribution in [3.8, 4) is 0 Å². The van der Waals surface area contributed by atoms with Crippen molar-refractivity contribution in [1.29, 1.82) is 0 Å². The van der Waals surface area contributed by atoms with Crippen LogP contribution in [0.15, 0.2) is 29.3 Å². The first kappa shape index (κ1) is 10.6. The van der Waals surface area contributed by atoms with E-state index in [1.54, 1.807) is 18.3 Å². The third-order valence-electron chi connectivity index (χ3n) is 1.35. The van der Waals surface area contributed by atoms with Crippen molar-refractivity contribution in [3.05, 3.63) is 29.3 Å². The van der Waals surface area contributed by atoms with E-state index >= 15 is 0 Å². The first-order chi connectivity index (χ1) is 5.97. The topological polar surface area (TPSA) is 12.4 Å². The molecule has 0 saturated carbocycles. The Morgan fingerprint density at radius 1 is 1.23 bits per heavy atom. The number of halogens is 2. The second-order valence-corrected chi connectivity index (χ2v) is 4.71. The van der Waals surface area contributed by atoms with Gasteiger partial charge in [-0.25, -0.2) is 0 Å². The summed E-state index contributed by atoms with van der Waals surface area (Å²) in [6.07, 6.45) is 1.71. The Hall–Kier alpha value is -0.530. The molecule has 0 N–H and O–H groups in total. The molecule has 0 aliphatic rings. The maximum Gasteiger partial charge on any atom is 0.0741 e. The van der Waals surface area contributed by atoms with E-state index in [2.05, 4.69) is 4.99 Å². The van der Waals surface area contributed by atoms with Crippen LogP contribution in [-0.2, 0) is 0 Å². The lowest BCUT2D eigenvalue weighted by atomic mass is 10.2. The molecule has 1 aromatic rings. The molecular weight excluding hydrogens is 205 g/mol. The highest BCUT2D eigenvalue weighted by atomic mass is 35.5. The lowest BCUT2D eigenvalue weighted by Gasteiger charge is -2.06. The van der Waals surface area contributed by atoms with Crippen LogP contribution >= 0.6 is 23.2 Å². The van der Waals surface area contributed by atoms with E-state index in [0.717, 1.165) is 5.69 Å². The highest BCUT2D eigenvalue weighted by molar-refractivity contribution is 6.31. The number of hydrogen-bond donors (Lipinski definition) is 0. The average Bonchev–Trinajstić information content (AvgIpc) is 2.02. The van der Waals surface area contributed by atoms with Crippen molar-refractivity contribution < 1.29 is 0 Å². The van der Waals surface area contributed by atoms with Gasteiger partial charge in [0.05, 0.1) is 10.6 Å². The molecule has 1 rings (SSSR count). The van der Waals surface area contributed by atoms with Gasteiger partial charge in [0.25, 0.3) is 0 Å². The number of benzene rings is 1. The van der Waals surface area contributed by atoms with Gasteiger partial charge in [-0.05, 0) is 38.1 Å². The van der Waals surface area contributed by atoms with Gasteiger partial charge >= 0.3 is 0 Å². The molecule has 0 aliphatic heterocycles. The van der Waals surface area contributed by atoms with Crippen molar-refractivity contribution in [2.24, 2.45) is 4.99 Å². The first-order valence-electron chi connectivity index (χ1n) is 3.97. The Balaban J connectivity index is 2.75. The highest BCUT2D eigenvalue weighted by Gasteiger charge is 2.07. The van der Waals surface area contributed by atoms with Crippen LogP contribution in [0.2, 0.25) is 5.02 Å². The van der Waals surface area contributed by atoms with E-state index in [-0.39, 0.29) is 0 Å². The van der Waals surface area contributed by atoms with E-state index in [4.69, 9.17) is 23.2 Å². The zero-order valence-electron chi connectivity index (χ0n) is 7.59. The van der Waals surface area contributed by atoms with Crippen LogP contribution in [0.3, 0.4) is 0 Å². The van der Waals surface area contributed by atoms with Crippen molar-refractivity contribution in [3.63, 3.8) is 0 Å². The SMILES string of the molecule is CC(C)(Cl)C=Nc1ccc(Cl)cc1.